The molecule has 2 aromatic rings. The Kier molecular flexibility index (Phi) is 6.77. The molecule has 0 unspecified atom stereocenters. The molecule has 0 bridgehead atoms. The molecule has 2 aliphatic rings. The lowest BCUT2D eigenvalue weighted by Crippen LogP contribution is -2.39. The van der Waals surface area contributed by atoms with Crippen LogP contribution in [0.15, 0.2) is 53.4 Å². The Balaban J connectivity index is 1.52. The molecule has 168 valence electrons. The van der Waals surface area contributed by atoms with Crippen LogP contribution in [-0.2, 0) is 10.0 Å². The number of amides is 1. The number of nitrogens with zero attached hydrogens (tertiary/aromatic N) is 4. The molecule has 32 heavy (non-hydrogen) atoms. The first-order valence-corrected chi connectivity index (χ1v) is 12.6. The largest absolute Gasteiger partial charge is 0.370 e. The lowest BCUT2D eigenvalue weighted by molar-refractivity contribution is 0.0763. The zero-order chi connectivity index (χ0) is 22.6. The molecule has 2 saturated heterocycles. The third-order valence-electron chi connectivity index (χ3n) is 6.19. The standard InChI is InChI=1S/C24H28N4O3S/c25-19-20-9-11-21(12-10-20)26-13-6-14-27(18-17-26)24(29)22-7-2-3-8-23(22)32(30,31)28-15-4-1-5-16-28/h2-3,7-12H,1,4-6,13-18H2. The fraction of sp³-hybridized carbons (Fsp3) is 0.417. The first-order chi connectivity index (χ1) is 15.5. The summed E-state index contributed by atoms with van der Waals surface area (Å²) in [5.41, 5.74) is 1.89. The van der Waals surface area contributed by atoms with Gasteiger partial charge >= 0.3 is 0 Å². The number of anilines is 1. The predicted molar refractivity (Wildman–Crippen MR) is 123 cm³/mol. The maximum atomic E-state index is 13.4. The molecule has 7 nitrogen and oxygen atoms in total. The van der Waals surface area contributed by atoms with Gasteiger partial charge in [0.05, 0.1) is 22.1 Å². The van der Waals surface area contributed by atoms with Gasteiger partial charge in [-0.25, -0.2) is 8.42 Å². The maximum absolute atomic E-state index is 13.4. The second-order valence-corrected chi connectivity index (χ2v) is 10.2. The van der Waals surface area contributed by atoms with Gasteiger partial charge in [0.15, 0.2) is 0 Å². The molecular formula is C24H28N4O3S. The van der Waals surface area contributed by atoms with E-state index in [1.54, 1.807) is 41.3 Å². The SMILES string of the molecule is N#Cc1ccc(N2CCCN(C(=O)c3ccccc3S(=O)(=O)N3CCCCC3)CC2)cc1. The van der Waals surface area contributed by atoms with Crippen molar-refractivity contribution in [3.63, 3.8) is 0 Å². The number of rotatable bonds is 4. The lowest BCUT2D eigenvalue weighted by atomic mass is 10.2. The van der Waals surface area contributed by atoms with Gasteiger partial charge in [-0.2, -0.15) is 9.57 Å². The van der Waals surface area contributed by atoms with Crippen LogP contribution in [0.4, 0.5) is 5.69 Å². The highest BCUT2D eigenvalue weighted by molar-refractivity contribution is 7.89. The molecule has 0 atom stereocenters. The van der Waals surface area contributed by atoms with E-state index in [9.17, 15) is 13.2 Å². The normalized spacial score (nSPS) is 18.1. The summed E-state index contributed by atoms with van der Waals surface area (Å²) in [6, 6.07) is 16.2. The van der Waals surface area contributed by atoms with Crippen LogP contribution in [0.2, 0.25) is 0 Å². The topological polar surface area (TPSA) is 84.7 Å². The second-order valence-electron chi connectivity index (χ2n) is 8.25. The summed E-state index contributed by atoms with van der Waals surface area (Å²) in [5, 5.41) is 9.00. The second kappa shape index (κ2) is 9.72. The van der Waals surface area contributed by atoms with Gasteiger partial charge in [0.25, 0.3) is 5.91 Å². The van der Waals surface area contributed by atoms with Crippen molar-refractivity contribution in [1.29, 1.82) is 5.26 Å². The molecule has 0 aliphatic carbocycles. The van der Waals surface area contributed by atoms with Gasteiger partial charge in [0.1, 0.15) is 0 Å². The highest BCUT2D eigenvalue weighted by atomic mass is 32.2. The minimum absolute atomic E-state index is 0.111. The van der Waals surface area contributed by atoms with Crippen LogP contribution in [0.25, 0.3) is 0 Å². The zero-order valence-corrected chi connectivity index (χ0v) is 18.9. The molecule has 2 fully saturated rings. The monoisotopic (exact) mass is 452 g/mol. The molecule has 4 rings (SSSR count). The summed E-state index contributed by atoms with van der Waals surface area (Å²) >= 11 is 0. The predicted octanol–water partition coefficient (Wildman–Crippen LogP) is 3.09. The van der Waals surface area contributed by atoms with E-state index in [0.29, 0.717) is 38.3 Å². The van der Waals surface area contributed by atoms with Gasteiger partial charge in [-0.15, -0.1) is 0 Å². The van der Waals surface area contributed by atoms with E-state index < -0.39 is 10.0 Å². The Labute approximate surface area is 189 Å². The van der Waals surface area contributed by atoms with Gasteiger partial charge in [0, 0.05) is 45.0 Å². The zero-order valence-electron chi connectivity index (χ0n) is 18.1. The van der Waals surface area contributed by atoms with Crippen molar-refractivity contribution >= 4 is 21.6 Å². The molecular weight excluding hydrogens is 424 g/mol. The summed E-state index contributed by atoms with van der Waals surface area (Å²) in [6.45, 7) is 3.55. The molecule has 2 aliphatic heterocycles. The molecule has 2 heterocycles. The van der Waals surface area contributed by atoms with E-state index in [2.05, 4.69) is 11.0 Å². The molecule has 0 N–H and O–H groups in total. The number of benzene rings is 2. The van der Waals surface area contributed by atoms with E-state index in [1.807, 2.05) is 12.1 Å². The Morgan fingerprint density at radius 2 is 1.53 bits per heavy atom. The van der Waals surface area contributed by atoms with Crippen LogP contribution < -0.4 is 4.90 Å². The van der Waals surface area contributed by atoms with Crippen molar-refractivity contribution in [2.75, 3.05) is 44.2 Å². The molecule has 0 aromatic heterocycles. The minimum Gasteiger partial charge on any atom is -0.370 e. The highest BCUT2D eigenvalue weighted by Crippen LogP contribution is 2.25. The fourth-order valence-electron chi connectivity index (χ4n) is 4.41. The van der Waals surface area contributed by atoms with Crippen LogP contribution >= 0.6 is 0 Å². The van der Waals surface area contributed by atoms with Crippen LogP contribution in [0, 0.1) is 11.3 Å². The first-order valence-electron chi connectivity index (χ1n) is 11.1. The average Bonchev–Trinajstić information content (AvgIpc) is 3.10. The molecule has 1 amide bonds. The Morgan fingerprint density at radius 3 is 2.25 bits per heavy atom. The van der Waals surface area contributed by atoms with Gasteiger partial charge in [0.2, 0.25) is 10.0 Å². The number of piperidine rings is 1. The highest BCUT2D eigenvalue weighted by Gasteiger charge is 2.31. The van der Waals surface area contributed by atoms with E-state index >= 15 is 0 Å². The van der Waals surface area contributed by atoms with Crippen molar-refractivity contribution in [2.45, 2.75) is 30.6 Å². The lowest BCUT2D eigenvalue weighted by Gasteiger charge is -2.28. The van der Waals surface area contributed by atoms with E-state index in [0.717, 1.165) is 37.9 Å². The van der Waals surface area contributed by atoms with Crippen molar-refractivity contribution in [3.05, 3.63) is 59.7 Å². The Morgan fingerprint density at radius 1 is 0.812 bits per heavy atom. The number of hydrogen-bond acceptors (Lipinski definition) is 5. The third kappa shape index (κ3) is 4.64. The summed E-state index contributed by atoms with van der Waals surface area (Å²) in [7, 11) is -3.70. The van der Waals surface area contributed by atoms with Crippen molar-refractivity contribution in [1.82, 2.24) is 9.21 Å². The Bertz CT molecular complexity index is 1100. The maximum Gasteiger partial charge on any atom is 0.255 e. The summed E-state index contributed by atoms with van der Waals surface area (Å²) in [6.07, 6.45) is 3.53. The fourth-order valence-corrected chi connectivity index (χ4v) is 6.11. The number of carbonyl (C=O) groups excluding carboxylic acids is 1. The smallest absolute Gasteiger partial charge is 0.255 e. The Hall–Kier alpha value is -2.89. The van der Waals surface area contributed by atoms with E-state index in [1.165, 1.54) is 4.31 Å². The third-order valence-corrected chi connectivity index (χ3v) is 8.15. The quantitative estimate of drug-likeness (QED) is 0.712. The van der Waals surface area contributed by atoms with Gasteiger partial charge < -0.3 is 9.80 Å². The van der Waals surface area contributed by atoms with Crippen molar-refractivity contribution in [2.24, 2.45) is 0 Å². The minimum atomic E-state index is -3.70. The van der Waals surface area contributed by atoms with E-state index in [-0.39, 0.29) is 16.4 Å². The van der Waals surface area contributed by atoms with Crippen molar-refractivity contribution < 1.29 is 13.2 Å². The van der Waals surface area contributed by atoms with Crippen molar-refractivity contribution in [3.8, 4) is 6.07 Å². The van der Waals surface area contributed by atoms with E-state index in [4.69, 9.17) is 5.26 Å². The van der Waals surface area contributed by atoms with Gasteiger partial charge in [-0.05, 0) is 55.7 Å². The first kappa shape index (κ1) is 22.3. The average molecular weight is 453 g/mol. The van der Waals surface area contributed by atoms with Gasteiger partial charge in [-0.3, -0.25) is 4.79 Å². The molecule has 8 heteroatoms. The molecule has 0 saturated carbocycles. The molecule has 0 spiro atoms. The number of hydrogen-bond donors (Lipinski definition) is 0. The van der Waals surface area contributed by atoms with Crippen LogP contribution in [0.5, 0.6) is 0 Å². The molecule has 2 aromatic carbocycles. The number of sulfonamides is 1. The summed E-state index contributed by atoms with van der Waals surface area (Å²) < 4.78 is 28.1. The van der Waals surface area contributed by atoms with Crippen LogP contribution in [0.3, 0.4) is 0 Å². The summed E-state index contributed by atoms with van der Waals surface area (Å²) in [4.78, 5) is 17.5. The number of carbonyl (C=O) groups is 1. The number of nitriles is 1. The van der Waals surface area contributed by atoms with Gasteiger partial charge in [-0.1, -0.05) is 18.6 Å². The summed E-state index contributed by atoms with van der Waals surface area (Å²) in [5.74, 6) is -0.233. The van der Waals surface area contributed by atoms with Crippen LogP contribution in [0.1, 0.15) is 41.6 Å². The molecule has 0 radical (unpaired) electrons. The van der Waals surface area contributed by atoms with Crippen LogP contribution in [-0.4, -0.2) is 62.8 Å².